The molecule has 1 fully saturated rings. The van der Waals surface area contributed by atoms with Gasteiger partial charge in [0.15, 0.2) is 0 Å². The van der Waals surface area contributed by atoms with E-state index in [-0.39, 0.29) is 12.1 Å². The number of morpholine rings is 1. The molecule has 2 amide bonds. The Morgan fingerprint density at radius 1 is 1.46 bits per heavy atom. The van der Waals surface area contributed by atoms with Crippen molar-refractivity contribution in [2.75, 3.05) is 40.0 Å². The van der Waals surface area contributed by atoms with E-state index in [1.165, 1.54) is 10.9 Å². The van der Waals surface area contributed by atoms with E-state index in [1.807, 2.05) is 6.07 Å². The van der Waals surface area contributed by atoms with Gasteiger partial charge in [-0.15, -0.1) is 0 Å². The Bertz CT molecular complexity index is 668. The molecule has 6 nitrogen and oxygen atoms in total. The minimum Gasteiger partial charge on any atom is -0.382 e. The number of carbonyl (C=O) groups excluding carboxylic acids is 1. The number of aromatic nitrogens is 1. The van der Waals surface area contributed by atoms with Gasteiger partial charge in [0.05, 0.1) is 25.9 Å². The number of methoxy groups -OCH3 is 1. The monoisotopic (exact) mass is 331 g/mol. The number of aryl methyl sites for hydroxylation is 1. The molecule has 1 aliphatic heterocycles. The van der Waals surface area contributed by atoms with Gasteiger partial charge in [0.25, 0.3) is 0 Å². The van der Waals surface area contributed by atoms with Gasteiger partial charge in [0.2, 0.25) is 0 Å². The van der Waals surface area contributed by atoms with Crippen LogP contribution in [0.25, 0.3) is 10.9 Å². The van der Waals surface area contributed by atoms with Gasteiger partial charge in [-0.1, -0.05) is 18.2 Å². The van der Waals surface area contributed by atoms with Gasteiger partial charge in [-0.05, 0) is 24.5 Å². The second kappa shape index (κ2) is 8.17. The summed E-state index contributed by atoms with van der Waals surface area (Å²) in [6.07, 6.45) is 3.89. The largest absolute Gasteiger partial charge is 0.382 e. The first kappa shape index (κ1) is 16.8. The molecule has 24 heavy (non-hydrogen) atoms. The van der Waals surface area contributed by atoms with Crippen molar-refractivity contribution < 1.29 is 14.3 Å². The molecule has 1 aliphatic rings. The third-order valence-electron chi connectivity index (χ3n) is 4.35. The maximum Gasteiger partial charge on any atom is 0.317 e. The number of nitrogens with zero attached hydrogens (tertiary/aromatic N) is 1. The second-order valence-electron chi connectivity index (χ2n) is 6.09. The van der Waals surface area contributed by atoms with Crippen LogP contribution in [0.1, 0.15) is 12.0 Å². The van der Waals surface area contributed by atoms with Crippen LogP contribution in [0.15, 0.2) is 30.5 Å². The number of para-hydroxylation sites is 1. The number of rotatable bonds is 6. The van der Waals surface area contributed by atoms with Crippen molar-refractivity contribution in [2.24, 2.45) is 0 Å². The molecule has 130 valence electrons. The Labute approximate surface area is 142 Å². The van der Waals surface area contributed by atoms with Crippen LogP contribution >= 0.6 is 0 Å². The maximum atomic E-state index is 12.2. The molecule has 0 unspecified atom stereocenters. The Hall–Kier alpha value is -2.05. The van der Waals surface area contributed by atoms with Gasteiger partial charge in [0, 0.05) is 37.3 Å². The van der Waals surface area contributed by atoms with Gasteiger partial charge < -0.3 is 24.7 Å². The Morgan fingerprint density at radius 3 is 3.21 bits per heavy atom. The number of ether oxygens (including phenoxy) is 2. The molecule has 0 spiro atoms. The van der Waals surface area contributed by atoms with Crippen LogP contribution in [0.2, 0.25) is 0 Å². The molecule has 2 heterocycles. The van der Waals surface area contributed by atoms with Crippen LogP contribution in [-0.2, 0) is 15.9 Å². The van der Waals surface area contributed by atoms with Crippen molar-refractivity contribution in [3.05, 3.63) is 36.0 Å². The zero-order valence-corrected chi connectivity index (χ0v) is 14.1. The Balaban J connectivity index is 1.42. The topological polar surface area (TPSA) is 66.6 Å². The number of nitrogens with one attached hydrogen (secondary N) is 2. The number of hydrogen-bond donors (Lipinski definition) is 2. The first-order chi connectivity index (χ1) is 11.8. The Kier molecular flexibility index (Phi) is 5.72. The predicted molar refractivity (Wildman–Crippen MR) is 93.2 cm³/mol. The van der Waals surface area contributed by atoms with E-state index in [9.17, 15) is 4.79 Å². The highest BCUT2D eigenvalue weighted by Gasteiger charge is 2.23. The third-order valence-corrected chi connectivity index (χ3v) is 4.35. The maximum absolute atomic E-state index is 12.2. The third kappa shape index (κ3) is 4.07. The smallest absolute Gasteiger partial charge is 0.317 e. The fraction of sp³-hybridized carbons (Fsp3) is 0.500. The van der Waals surface area contributed by atoms with Crippen LogP contribution in [-0.4, -0.2) is 62.0 Å². The van der Waals surface area contributed by atoms with E-state index in [4.69, 9.17) is 9.47 Å². The molecular weight excluding hydrogens is 306 g/mol. The van der Waals surface area contributed by atoms with Crippen molar-refractivity contribution in [3.63, 3.8) is 0 Å². The lowest BCUT2D eigenvalue weighted by Crippen LogP contribution is -2.50. The van der Waals surface area contributed by atoms with Crippen molar-refractivity contribution in [1.29, 1.82) is 0 Å². The van der Waals surface area contributed by atoms with Gasteiger partial charge in [0.1, 0.15) is 0 Å². The lowest BCUT2D eigenvalue weighted by atomic mass is 10.1. The average molecular weight is 331 g/mol. The molecule has 2 aromatic rings. The van der Waals surface area contributed by atoms with Gasteiger partial charge in [-0.25, -0.2) is 4.79 Å². The molecule has 1 atom stereocenters. The summed E-state index contributed by atoms with van der Waals surface area (Å²) >= 11 is 0. The summed E-state index contributed by atoms with van der Waals surface area (Å²) in [6, 6.07) is 8.27. The summed E-state index contributed by atoms with van der Waals surface area (Å²) in [7, 11) is 1.65. The van der Waals surface area contributed by atoms with Crippen molar-refractivity contribution >= 4 is 16.9 Å². The molecule has 1 aromatic heterocycles. The van der Waals surface area contributed by atoms with Crippen molar-refractivity contribution in [3.8, 4) is 0 Å². The van der Waals surface area contributed by atoms with Gasteiger partial charge in [-0.3, -0.25) is 0 Å². The average Bonchev–Trinajstić information content (AvgIpc) is 3.02. The predicted octanol–water partition coefficient (Wildman–Crippen LogP) is 2.16. The van der Waals surface area contributed by atoms with Gasteiger partial charge >= 0.3 is 6.03 Å². The molecular formula is C18H25N3O3. The summed E-state index contributed by atoms with van der Waals surface area (Å²) in [4.78, 5) is 17.3. The van der Waals surface area contributed by atoms with Crippen LogP contribution in [0, 0.1) is 0 Å². The normalized spacial score (nSPS) is 18.0. The number of H-pyrrole nitrogens is 1. The first-order valence-corrected chi connectivity index (χ1v) is 8.46. The van der Waals surface area contributed by atoms with Crippen molar-refractivity contribution in [1.82, 2.24) is 15.2 Å². The minimum atomic E-state index is -0.0271. The van der Waals surface area contributed by atoms with Crippen LogP contribution in [0.3, 0.4) is 0 Å². The molecule has 0 saturated carbocycles. The fourth-order valence-electron chi connectivity index (χ4n) is 3.11. The molecule has 0 bridgehead atoms. The highest BCUT2D eigenvalue weighted by Crippen LogP contribution is 2.18. The van der Waals surface area contributed by atoms with E-state index in [2.05, 4.69) is 34.7 Å². The molecule has 3 rings (SSSR count). The summed E-state index contributed by atoms with van der Waals surface area (Å²) in [5, 5.41) is 4.27. The lowest BCUT2D eigenvalue weighted by Gasteiger charge is -2.32. The van der Waals surface area contributed by atoms with Crippen LogP contribution in [0.4, 0.5) is 4.79 Å². The molecule has 0 radical (unpaired) electrons. The number of benzene rings is 1. The SMILES string of the molecule is COC[C@@H]1CN(C(=O)NCCCc2c[nH]c3ccccc23)CCO1. The summed E-state index contributed by atoms with van der Waals surface area (Å²) in [5.74, 6) is 0. The molecule has 6 heteroatoms. The Morgan fingerprint density at radius 2 is 2.33 bits per heavy atom. The minimum absolute atomic E-state index is 0.0154. The van der Waals surface area contributed by atoms with Crippen LogP contribution < -0.4 is 5.32 Å². The second-order valence-corrected chi connectivity index (χ2v) is 6.09. The molecule has 1 aromatic carbocycles. The van der Waals surface area contributed by atoms with E-state index in [0.29, 0.717) is 32.8 Å². The quantitative estimate of drug-likeness (QED) is 0.797. The highest BCUT2D eigenvalue weighted by atomic mass is 16.5. The zero-order chi connectivity index (χ0) is 16.8. The number of urea groups is 1. The van der Waals surface area contributed by atoms with E-state index in [1.54, 1.807) is 12.0 Å². The standard InChI is InChI=1S/C18H25N3O3/c1-23-13-15-12-21(9-10-24-15)18(22)19-8-4-5-14-11-20-17-7-3-2-6-16(14)17/h2-3,6-7,11,15,20H,4-5,8-10,12-13H2,1H3,(H,19,22)/t15-/m0/s1. The van der Waals surface area contributed by atoms with Crippen molar-refractivity contribution in [2.45, 2.75) is 18.9 Å². The van der Waals surface area contributed by atoms with E-state index < -0.39 is 0 Å². The van der Waals surface area contributed by atoms with Gasteiger partial charge in [-0.2, -0.15) is 0 Å². The van der Waals surface area contributed by atoms with E-state index >= 15 is 0 Å². The highest BCUT2D eigenvalue weighted by molar-refractivity contribution is 5.83. The summed E-state index contributed by atoms with van der Waals surface area (Å²) in [5.41, 5.74) is 2.46. The number of amides is 2. The number of carbonyl (C=O) groups is 1. The van der Waals surface area contributed by atoms with Crippen LogP contribution in [0.5, 0.6) is 0 Å². The number of fused-ring (bicyclic) bond motifs is 1. The zero-order valence-electron chi connectivity index (χ0n) is 14.1. The van der Waals surface area contributed by atoms with E-state index in [0.717, 1.165) is 18.4 Å². The molecule has 0 aliphatic carbocycles. The summed E-state index contributed by atoms with van der Waals surface area (Å²) in [6.45, 7) is 2.97. The fourth-order valence-corrected chi connectivity index (χ4v) is 3.11. The summed E-state index contributed by atoms with van der Waals surface area (Å²) < 4.78 is 10.7. The molecule has 1 saturated heterocycles. The number of hydrogen-bond acceptors (Lipinski definition) is 3. The first-order valence-electron chi connectivity index (χ1n) is 8.46. The lowest BCUT2D eigenvalue weighted by molar-refractivity contribution is -0.0494. The number of aromatic amines is 1. The molecule has 2 N–H and O–H groups in total.